The zero-order valence-electron chi connectivity index (χ0n) is 14.6. The standard InChI is InChI=1S/C19H38N/c1-5-6-7-8-9-10-11-12-13-14-15-16-17-18-19-20(2,3)4/h5-17H2,1-4H3/q+1. The maximum atomic E-state index is 3.28. The molecule has 0 atom stereocenters. The molecule has 0 saturated heterocycles. The first kappa shape index (κ1) is 19.5. The molecule has 0 unspecified atom stereocenters. The lowest BCUT2D eigenvalue weighted by Gasteiger charge is -2.12. The summed E-state index contributed by atoms with van der Waals surface area (Å²) in [5.41, 5.74) is 0. The van der Waals surface area contributed by atoms with E-state index >= 15 is 0 Å². The number of hydrogen-bond donors (Lipinski definition) is 0. The third-order valence-corrected chi connectivity index (χ3v) is 3.57. The van der Waals surface area contributed by atoms with Gasteiger partial charge in [0.2, 0.25) is 0 Å². The molecule has 0 rings (SSSR count). The second kappa shape index (κ2) is 13.5. The monoisotopic (exact) mass is 280 g/mol. The Kier molecular flexibility index (Phi) is 13.2. The van der Waals surface area contributed by atoms with E-state index in [2.05, 4.69) is 40.0 Å². The normalized spacial score (nSPS) is 11.2. The van der Waals surface area contributed by atoms with Crippen molar-refractivity contribution in [1.29, 1.82) is 0 Å². The topological polar surface area (TPSA) is 0 Å². The van der Waals surface area contributed by atoms with Gasteiger partial charge in [0.05, 0.1) is 21.1 Å². The average molecular weight is 281 g/mol. The van der Waals surface area contributed by atoms with Crippen LogP contribution in [-0.2, 0) is 0 Å². The Bertz CT molecular complexity index is 251. The van der Waals surface area contributed by atoms with Crippen LogP contribution in [0.2, 0.25) is 0 Å². The Hall–Kier alpha value is -0.480. The molecule has 118 valence electrons. The van der Waals surface area contributed by atoms with Crippen molar-refractivity contribution >= 4 is 0 Å². The van der Waals surface area contributed by atoms with Crippen LogP contribution in [-0.4, -0.2) is 25.6 Å². The second-order valence-electron chi connectivity index (χ2n) is 6.94. The molecule has 0 spiro atoms. The molecule has 0 amide bonds. The molecule has 0 heterocycles. The largest absolute Gasteiger partial charge is 0.254 e. The van der Waals surface area contributed by atoms with Gasteiger partial charge in [0, 0.05) is 6.42 Å². The molecule has 0 radical (unpaired) electrons. The van der Waals surface area contributed by atoms with Crippen molar-refractivity contribution in [2.24, 2.45) is 0 Å². The van der Waals surface area contributed by atoms with E-state index in [9.17, 15) is 0 Å². The van der Waals surface area contributed by atoms with Crippen LogP contribution in [0, 0.1) is 12.0 Å². The minimum Gasteiger partial charge on any atom is -0.254 e. The zero-order valence-corrected chi connectivity index (χ0v) is 14.6. The van der Waals surface area contributed by atoms with Crippen molar-refractivity contribution < 1.29 is 4.48 Å². The van der Waals surface area contributed by atoms with E-state index in [1.807, 2.05) is 0 Å². The van der Waals surface area contributed by atoms with Crippen LogP contribution in [0.3, 0.4) is 0 Å². The molecular weight excluding hydrogens is 242 g/mol. The first-order valence-electron chi connectivity index (χ1n) is 8.88. The van der Waals surface area contributed by atoms with E-state index in [0.29, 0.717) is 0 Å². The molecule has 0 aliphatic rings. The fraction of sp³-hybridized carbons (Fsp3) is 0.895. The van der Waals surface area contributed by atoms with Crippen molar-refractivity contribution in [2.45, 2.75) is 90.4 Å². The van der Waals surface area contributed by atoms with Gasteiger partial charge in [-0.15, -0.1) is 0 Å². The molecule has 0 aromatic rings. The summed E-state index contributed by atoms with van der Waals surface area (Å²) in [6.45, 7) is 2.29. The Balaban J connectivity index is 3.11. The highest BCUT2D eigenvalue weighted by Gasteiger charge is 1.98. The van der Waals surface area contributed by atoms with Crippen LogP contribution in [0.5, 0.6) is 0 Å². The Labute approximate surface area is 128 Å². The van der Waals surface area contributed by atoms with Crippen LogP contribution in [0.1, 0.15) is 90.4 Å². The minimum atomic E-state index is 0.762. The van der Waals surface area contributed by atoms with Crippen LogP contribution in [0.4, 0.5) is 0 Å². The van der Waals surface area contributed by atoms with E-state index in [-0.39, 0.29) is 0 Å². The third kappa shape index (κ3) is 17.5. The van der Waals surface area contributed by atoms with Crippen molar-refractivity contribution in [1.82, 2.24) is 0 Å². The second-order valence-corrected chi connectivity index (χ2v) is 6.94. The maximum Gasteiger partial charge on any atom is 0.136 e. The highest BCUT2D eigenvalue weighted by atomic mass is 15.3. The quantitative estimate of drug-likeness (QED) is 0.243. The predicted octanol–water partition coefficient (Wildman–Crippen LogP) is 5.74. The van der Waals surface area contributed by atoms with Crippen molar-refractivity contribution in [2.75, 3.05) is 21.1 Å². The summed E-state index contributed by atoms with van der Waals surface area (Å²) in [5, 5.41) is 0. The zero-order chi connectivity index (χ0) is 15.1. The van der Waals surface area contributed by atoms with Gasteiger partial charge in [-0.3, -0.25) is 4.48 Å². The van der Waals surface area contributed by atoms with Gasteiger partial charge in [-0.2, -0.15) is 0 Å². The molecule has 0 aliphatic heterocycles. The van der Waals surface area contributed by atoms with E-state index in [0.717, 1.165) is 10.9 Å². The van der Waals surface area contributed by atoms with Gasteiger partial charge in [-0.1, -0.05) is 77.6 Å². The lowest BCUT2D eigenvalue weighted by atomic mass is 10.0. The smallest absolute Gasteiger partial charge is 0.136 e. The first-order valence-corrected chi connectivity index (χ1v) is 8.88. The Morgan fingerprint density at radius 2 is 1.00 bits per heavy atom. The van der Waals surface area contributed by atoms with E-state index in [4.69, 9.17) is 0 Å². The molecule has 20 heavy (non-hydrogen) atoms. The first-order chi connectivity index (χ1) is 9.56. The fourth-order valence-corrected chi connectivity index (χ4v) is 2.35. The number of unbranched alkanes of at least 4 members (excludes halogenated alkanes) is 12. The van der Waals surface area contributed by atoms with Crippen molar-refractivity contribution in [3.63, 3.8) is 0 Å². The highest BCUT2D eigenvalue weighted by Crippen LogP contribution is 2.12. The maximum absolute atomic E-state index is 3.28. The number of nitrogens with zero attached hydrogens (tertiary/aromatic N) is 1. The molecule has 0 saturated carbocycles. The summed E-state index contributed by atoms with van der Waals surface area (Å²) < 4.78 is 0.762. The minimum absolute atomic E-state index is 0.762. The predicted molar refractivity (Wildman–Crippen MR) is 91.5 cm³/mol. The van der Waals surface area contributed by atoms with Crippen LogP contribution < -0.4 is 0 Å². The molecule has 1 heteroatoms. The van der Waals surface area contributed by atoms with Gasteiger partial charge in [-0.05, 0) is 12.3 Å². The van der Waals surface area contributed by atoms with Crippen molar-refractivity contribution in [3.05, 3.63) is 0 Å². The van der Waals surface area contributed by atoms with Gasteiger partial charge >= 0.3 is 0 Å². The highest BCUT2D eigenvalue weighted by molar-refractivity contribution is 4.90. The molecule has 1 nitrogen and oxygen atoms in total. The molecular formula is C19H38N+. The number of hydrogen-bond acceptors (Lipinski definition) is 0. The Morgan fingerprint density at radius 3 is 1.40 bits per heavy atom. The van der Waals surface area contributed by atoms with Crippen LogP contribution in [0.25, 0.3) is 0 Å². The molecule has 0 fully saturated rings. The Morgan fingerprint density at radius 1 is 0.600 bits per heavy atom. The molecule has 0 aromatic carbocycles. The number of rotatable bonds is 12. The van der Waals surface area contributed by atoms with Gasteiger partial charge < -0.3 is 0 Å². The molecule has 0 bridgehead atoms. The van der Waals surface area contributed by atoms with Crippen molar-refractivity contribution in [3.8, 4) is 12.0 Å². The summed E-state index contributed by atoms with van der Waals surface area (Å²) in [7, 11) is 6.36. The summed E-state index contributed by atoms with van der Waals surface area (Å²) in [4.78, 5) is 0. The van der Waals surface area contributed by atoms with Gasteiger partial charge in [-0.25, -0.2) is 0 Å². The van der Waals surface area contributed by atoms with E-state index in [1.54, 1.807) is 0 Å². The molecule has 0 aliphatic carbocycles. The summed E-state index contributed by atoms with van der Waals surface area (Å²) in [5.74, 6) is 3.28. The van der Waals surface area contributed by atoms with E-state index < -0.39 is 0 Å². The van der Waals surface area contributed by atoms with Crippen LogP contribution >= 0.6 is 0 Å². The fourth-order valence-electron chi connectivity index (χ4n) is 2.35. The summed E-state index contributed by atoms with van der Waals surface area (Å²) >= 11 is 0. The SMILES string of the molecule is CCCCCCCCCCCCCCC#C[N+](C)(C)C. The lowest BCUT2D eigenvalue weighted by Crippen LogP contribution is -2.27. The summed E-state index contributed by atoms with van der Waals surface area (Å²) in [6, 6.07) is 3.25. The van der Waals surface area contributed by atoms with E-state index in [1.165, 1.54) is 77.0 Å². The molecule has 0 N–H and O–H groups in total. The molecule has 0 aromatic heterocycles. The lowest BCUT2D eigenvalue weighted by molar-refractivity contribution is -0.800. The van der Waals surface area contributed by atoms with Crippen LogP contribution in [0.15, 0.2) is 0 Å². The van der Waals surface area contributed by atoms with Gasteiger partial charge in [0.25, 0.3) is 0 Å². The average Bonchev–Trinajstić information content (AvgIpc) is 2.38. The number of quaternary nitrogens is 1. The van der Waals surface area contributed by atoms with Gasteiger partial charge in [0.1, 0.15) is 6.04 Å². The third-order valence-electron chi connectivity index (χ3n) is 3.57. The van der Waals surface area contributed by atoms with Gasteiger partial charge in [0.15, 0.2) is 0 Å². The summed E-state index contributed by atoms with van der Waals surface area (Å²) in [6.07, 6.45) is 18.1.